The highest BCUT2D eigenvalue weighted by atomic mass is 127. The van der Waals surface area contributed by atoms with Crippen LogP contribution in [0.4, 0.5) is 0 Å². The first-order valence-electron chi connectivity index (χ1n) is 5.60. The number of aromatic nitrogens is 2. The van der Waals surface area contributed by atoms with E-state index in [-0.39, 0.29) is 4.75 Å². The van der Waals surface area contributed by atoms with Gasteiger partial charge in [0, 0.05) is 26.1 Å². The summed E-state index contributed by atoms with van der Waals surface area (Å²) in [5, 5.41) is 1.26. The van der Waals surface area contributed by atoms with Crippen LogP contribution in [0.15, 0.2) is 24.5 Å². The molecule has 17 heavy (non-hydrogen) atoms. The summed E-state index contributed by atoms with van der Waals surface area (Å²) in [5.74, 6) is 0. The van der Waals surface area contributed by atoms with Crippen LogP contribution in [0.5, 0.6) is 0 Å². The maximum atomic E-state index is 4.56. The Kier molecular flexibility index (Phi) is 3.23. The van der Waals surface area contributed by atoms with Gasteiger partial charge >= 0.3 is 0 Å². The molecule has 2 heterocycles. The van der Waals surface area contributed by atoms with Gasteiger partial charge in [-0.05, 0) is 47.2 Å². The molecule has 2 nitrogen and oxygen atoms in total. The molecule has 0 spiro atoms. The van der Waals surface area contributed by atoms with E-state index in [4.69, 9.17) is 0 Å². The van der Waals surface area contributed by atoms with Crippen LogP contribution in [0.1, 0.15) is 20.8 Å². The van der Waals surface area contributed by atoms with Gasteiger partial charge in [0.1, 0.15) is 5.65 Å². The first kappa shape index (κ1) is 13.2. The molecule has 2 rings (SSSR count). The summed E-state index contributed by atoms with van der Waals surface area (Å²) in [6.07, 6.45) is 8.85. The molecule has 0 radical (unpaired) electrons. The average Bonchev–Trinajstić information content (AvgIpc) is 2.56. The molecule has 0 saturated carbocycles. The molecule has 0 N–H and O–H groups in total. The van der Waals surface area contributed by atoms with Crippen LogP contribution < -0.4 is 0 Å². The summed E-state index contributed by atoms with van der Waals surface area (Å²) >= 11 is 2.40. The average molecular weight is 362 g/mol. The van der Waals surface area contributed by atoms with Crippen molar-refractivity contribution in [1.29, 1.82) is 0 Å². The van der Waals surface area contributed by atoms with Gasteiger partial charge in [0.15, 0.2) is 0 Å². The Balaban J connectivity index is 2.72. The monoisotopic (exact) mass is 362 g/mol. The van der Waals surface area contributed by atoms with Crippen molar-refractivity contribution in [3.8, 4) is 0 Å². The zero-order valence-electron chi connectivity index (χ0n) is 11.0. The summed E-state index contributed by atoms with van der Waals surface area (Å²) in [4.78, 5) is 4.56. The third-order valence-corrected chi connectivity index (χ3v) is 8.59. The highest BCUT2D eigenvalue weighted by molar-refractivity contribution is 14.1. The van der Waals surface area contributed by atoms with Gasteiger partial charge in [0.05, 0.1) is 0 Å². The number of nitrogens with zero attached hydrogens (tertiary/aromatic N) is 2. The Morgan fingerprint density at radius 1 is 1.29 bits per heavy atom. The van der Waals surface area contributed by atoms with Gasteiger partial charge in [-0.3, -0.25) is 3.97 Å². The van der Waals surface area contributed by atoms with Crippen molar-refractivity contribution in [3.63, 3.8) is 0 Å². The van der Waals surface area contributed by atoms with E-state index in [9.17, 15) is 0 Å². The van der Waals surface area contributed by atoms with E-state index in [1.807, 2.05) is 12.3 Å². The fraction of sp³-hybridized carbons (Fsp3) is 0.462. The van der Waals surface area contributed by atoms with Crippen LogP contribution in [-0.4, -0.2) is 26.2 Å². The Bertz CT molecular complexity index is 552. The zero-order chi connectivity index (χ0) is 12.8. The van der Waals surface area contributed by atoms with Gasteiger partial charge in [-0.25, -0.2) is 4.98 Å². The van der Waals surface area contributed by atoms with E-state index < -0.39 is 10.2 Å². The van der Waals surface area contributed by atoms with Gasteiger partial charge < -0.3 is 0 Å². The van der Waals surface area contributed by atoms with Gasteiger partial charge in [0.25, 0.3) is 0 Å². The molecule has 0 aromatic carbocycles. The second kappa shape index (κ2) is 4.16. The lowest BCUT2D eigenvalue weighted by Gasteiger charge is -2.45. The molecule has 0 bridgehead atoms. The number of hydrogen-bond donors (Lipinski definition) is 0. The molecule has 4 heteroatoms. The van der Waals surface area contributed by atoms with Gasteiger partial charge in [0.2, 0.25) is 0 Å². The largest absolute Gasteiger partial charge is 0.293 e. The number of rotatable bonds is 1. The Morgan fingerprint density at radius 3 is 2.53 bits per heavy atom. The van der Waals surface area contributed by atoms with Crippen molar-refractivity contribution in [2.75, 3.05) is 12.5 Å². The SMILES string of the molecule is CC(C)(C)S(C)(C)n1cc(I)c2cccnc21. The van der Waals surface area contributed by atoms with Crippen LogP contribution in [0.2, 0.25) is 0 Å². The van der Waals surface area contributed by atoms with E-state index in [1.165, 1.54) is 8.96 Å². The molecule has 0 atom stereocenters. The maximum Gasteiger partial charge on any atom is 0.149 e. The molecule has 94 valence electrons. The predicted octanol–water partition coefficient (Wildman–Crippen LogP) is 4.27. The Morgan fingerprint density at radius 2 is 1.94 bits per heavy atom. The molecule has 2 aromatic rings. The molecule has 0 amide bonds. The van der Waals surface area contributed by atoms with Crippen molar-refractivity contribution >= 4 is 43.8 Å². The maximum absolute atomic E-state index is 4.56. The quantitative estimate of drug-likeness (QED) is 0.693. The van der Waals surface area contributed by atoms with E-state index in [1.54, 1.807) is 0 Å². The normalized spacial score (nSPS) is 14.2. The molecule has 0 aliphatic heterocycles. The molecule has 0 aliphatic rings. The van der Waals surface area contributed by atoms with Crippen LogP contribution in [0.3, 0.4) is 0 Å². The number of pyridine rings is 1. The van der Waals surface area contributed by atoms with Gasteiger partial charge in [-0.1, -0.05) is 20.8 Å². The third-order valence-electron chi connectivity index (χ3n) is 3.47. The lowest BCUT2D eigenvalue weighted by Crippen LogP contribution is -2.28. The van der Waals surface area contributed by atoms with Crippen molar-refractivity contribution < 1.29 is 0 Å². The molecular weight excluding hydrogens is 343 g/mol. The van der Waals surface area contributed by atoms with Gasteiger partial charge in [-0.15, -0.1) is 0 Å². The summed E-state index contributed by atoms with van der Waals surface area (Å²) in [7, 11) is -0.933. The van der Waals surface area contributed by atoms with Crippen molar-refractivity contribution in [1.82, 2.24) is 8.96 Å². The summed E-state index contributed by atoms with van der Waals surface area (Å²) in [5.41, 5.74) is 1.12. The Labute approximate surface area is 118 Å². The molecule has 0 unspecified atom stereocenters. The smallest absolute Gasteiger partial charge is 0.149 e. The zero-order valence-corrected chi connectivity index (χ0v) is 14.0. The van der Waals surface area contributed by atoms with Crippen molar-refractivity contribution in [2.24, 2.45) is 0 Å². The van der Waals surface area contributed by atoms with E-state index in [0.717, 1.165) is 5.65 Å². The minimum atomic E-state index is -0.933. The van der Waals surface area contributed by atoms with E-state index >= 15 is 0 Å². The Hall–Kier alpha value is -0.230. The van der Waals surface area contributed by atoms with Crippen LogP contribution in [0.25, 0.3) is 11.0 Å². The molecular formula is C13H19IN2S. The fourth-order valence-corrected chi connectivity index (χ4v) is 4.06. The lowest BCUT2D eigenvalue weighted by atomic mass is 10.3. The second-order valence-electron chi connectivity index (χ2n) is 5.56. The molecule has 2 aromatic heterocycles. The number of hydrogen-bond acceptors (Lipinski definition) is 1. The van der Waals surface area contributed by atoms with Gasteiger partial charge in [-0.2, -0.15) is 10.2 Å². The number of fused-ring (bicyclic) bond motifs is 1. The highest BCUT2D eigenvalue weighted by Crippen LogP contribution is 2.55. The highest BCUT2D eigenvalue weighted by Gasteiger charge is 2.31. The first-order valence-corrected chi connectivity index (χ1v) is 9.08. The van der Waals surface area contributed by atoms with Crippen molar-refractivity contribution in [2.45, 2.75) is 25.5 Å². The molecule has 0 saturated heterocycles. The van der Waals surface area contributed by atoms with Crippen LogP contribution in [0, 0.1) is 3.57 Å². The van der Waals surface area contributed by atoms with E-state index in [2.05, 4.69) is 77.1 Å². The van der Waals surface area contributed by atoms with Crippen LogP contribution >= 0.6 is 32.8 Å². The summed E-state index contributed by atoms with van der Waals surface area (Å²) in [6.45, 7) is 6.93. The molecule has 0 aliphatic carbocycles. The lowest BCUT2D eigenvalue weighted by molar-refractivity contribution is 0.779. The first-order chi connectivity index (χ1) is 7.75. The second-order valence-corrected chi connectivity index (χ2v) is 10.9. The topological polar surface area (TPSA) is 17.8 Å². The minimum absolute atomic E-state index is 0.263. The third kappa shape index (κ3) is 2.10. The van der Waals surface area contributed by atoms with Crippen molar-refractivity contribution in [3.05, 3.63) is 28.1 Å². The minimum Gasteiger partial charge on any atom is -0.293 e. The fourth-order valence-electron chi connectivity index (χ4n) is 1.64. The van der Waals surface area contributed by atoms with E-state index in [0.29, 0.717) is 0 Å². The number of halogens is 1. The summed E-state index contributed by atoms with van der Waals surface area (Å²) < 4.78 is 3.94. The standard InChI is InChI=1S/C13H19IN2S/c1-13(2,3)17(4,5)16-9-11(14)10-7-6-8-15-12(10)16/h6-9H,1-5H3. The van der Waals surface area contributed by atoms with Crippen LogP contribution in [-0.2, 0) is 0 Å². The molecule has 0 fully saturated rings. The summed E-state index contributed by atoms with van der Waals surface area (Å²) in [6, 6.07) is 4.16. The predicted molar refractivity (Wildman–Crippen MR) is 87.0 cm³/mol.